The fourth-order valence-electron chi connectivity index (χ4n) is 1.82. The second kappa shape index (κ2) is 4.88. The molecule has 0 saturated heterocycles. The number of nitrogens with one attached hydrogen (secondary N) is 1. The first-order chi connectivity index (χ1) is 7.72. The summed E-state index contributed by atoms with van der Waals surface area (Å²) in [4.78, 5) is 11.9. The second-order valence-electron chi connectivity index (χ2n) is 4.41. The Morgan fingerprint density at radius 1 is 1.50 bits per heavy atom. The zero-order chi connectivity index (χ0) is 11.5. The van der Waals surface area contributed by atoms with Gasteiger partial charge >= 0.3 is 0 Å². The van der Waals surface area contributed by atoms with Crippen LogP contribution in [0.2, 0.25) is 0 Å². The molecule has 2 nitrogen and oxygen atoms in total. The van der Waals surface area contributed by atoms with E-state index in [0.717, 1.165) is 11.3 Å². The summed E-state index contributed by atoms with van der Waals surface area (Å²) in [6.45, 7) is 2.00. The maximum absolute atomic E-state index is 11.9. The van der Waals surface area contributed by atoms with Crippen LogP contribution in [-0.4, -0.2) is 5.91 Å². The van der Waals surface area contributed by atoms with E-state index < -0.39 is 0 Å². The van der Waals surface area contributed by atoms with Crippen molar-refractivity contribution in [2.75, 3.05) is 5.32 Å². The van der Waals surface area contributed by atoms with Gasteiger partial charge in [-0.1, -0.05) is 25.1 Å². The molecule has 86 valence electrons. The Kier molecular flexibility index (Phi) is 3.49. The number of benzene rings is 1. The summed E-state index contributed by atoms with van der Waals surface area (Å²) in [5, 5.41) is 2.96. The lowest BCUT2D eigenvalue weighted by Crippen LogP contribution is -2.22. The Labute approximate surface area is 101 Å². The summed E-state index contributed by atoms with van der Waals surface area (Å²) in [6, 6.07) is 7.67. The van der Waals surface area contributed by atoms with Crippen molar-refractivity contribution >= 4 is 23.2 Å². The van der Waals surface area contributed by atoms with Crippen molar-refractivity contribution in [1.29, 1.82) is 0 Å². The van der Waals surface area contributed by atoms with Gasteiger partial charge in [0.2, 0.25) is 5.91 Å². The maximum atomic E-state index is 11.9. The molecule has 1 atom stereocenters. The molecule has 1 saturated carbocycles. The third-order valence-electron chi connectivity index (χ3n) is 3.16. The monoisotopic (exact) mass is 237 g/mol. The highest BCUT2D eigenvalue weighted by atomic mass is 35.5. The molecule has 1 aromatic rings. The van der Waals surface area contributed by atoms with E-state index in [1.807, 2.05) is 31.2 Å². The van der Waals surface area contributed by atoms with Crippen LogP contribution in [0.1, 0.15) is 25.3 Å². The SMILES string of the molecule is CC(C(=O)Nc1ccccc1CCl)C1CC1. The lowest BCUT2D eigenvalue weighted by atomic mass is 10.1. The van der Waals surface area contributed by atoms with Gasteiger partial charge in [-0.15, -0.1) is 11.6 Å². The van der Waals surface area contributed by atoms with E-state index in [9.17, 15) is 4.79 Å². The largest absolute Gasteiger partial charge is 0.326 e. The fourth-order valence-corrected chi connectivity index (χ4v) is 2.05. The standard InChI is InChI=1S/C13H16ClNO/c1-9(10-6-7-10)13(16)15-12-5-3-2-4-11(12)8-14/h2-5,9-10H,6-8H2,1H3,(H,15,16). The molecule has 1 unspecified atom stereocenters. The number of carbonyl (C=O) groups is 1. The number of carbonyl (C=O) groups excluding carboxylic acids is 1. The van der Waals surface area contributed by atoms with Gasteiger partial charge in [-0.2, -0.15) is 0 Å². The molecule has 0 aromatic heterocycles. The average Bonchev–Trinajstić information content (AvgIpc) is 3.12. The molecule has 0 heterocycles. The Morgan fingerprint density at radius 3 is 2.81 bits per heavy atom. The average molecular weight is 238 g/mol. The highest BCUT2D eigenvalue weighted by Gasteiger charge is 2.32. The van der Waals surface area contributed by atoms with Crippen molar-refractivity contribution in [3.05, 3.63) is 29.8 Å². The lowest BCUT2D eigenvalue weighted by molar-refractivity contribution is -0.119. The third-order valence-corrected chi connectivity index (χ3v) is 3.45. The molecule has 1 amide bonds. The van der Waals surface area contributed by atoms with Gasteiger partial charge in [-0.05, 0) is 30.4 Å². The quantitative estimate of drug-likeness (QED) is 0.799. The van der Waals surface area contributed by atoms with Crippen molar-refractivity contribution in [3.8, 4) is 0 Å². The van der Waals surface area contributed by atoms with Crippen LogP contribution >= 0.6 is 11.6 Å². The second-order valence-corrected chi connectivity index (χ2v) is 4.67. The molecule has 1 aromatic carbocycles. The summed E-state index contributed by atoms with van der Waals surface area (Å²) < 4.78 is 0. The minimum atomic E-state index is 0.111. The smallest absolute Gasteiger partial charge is 0.227 e. The Balaban J connectivity index is 2.04. The molecule has 0 spiro atoms. The van der Waals surface area contributed by atoms with Crippen molar-refractivity contribution in [3.63, 3.8) is 0 Å². The predicted octanol–water partition coefficient (Wildman–Crippen LogP) is 3.41. The maximum Gasteiger partial charge on any atom is 0.227 e. The molecule has 16 heavy (non-hydrogen) atoms. The van der Waals surface area contributed by atoms with Crippen LogP contribution in [-0.2, 0) is 10.7 Å². The normalized spacial score (nSPS) is 16.9. The first-order valence-corrected chi connectivity index (χ1v) is 6.20. The number of rotatable bonds is 4. The van der Waals surface area contributed by atoms with Crippen LogP contribution in [0.25, 0.3) is 0 Å². The Hall–Kier alpha value is -1.02. The molecule has 3 heteroatoms. The molecule has 1 N–H and O–H groups in total. The van der Waals surface area contributed by atoms with Crippen molar-refractivity contribution in [2.45, 2.75) is 25.6 Å². The van der Waals surface area contributed by atoms with E-state index in [-0.39, 0.29) is 11.8 Å². The molecule has 0 bridgehead atoms. The number of anilines is 1. The number of halogens is 1. The van der Waals surface area contributed by atoms with Gasteiger partial charge in [0, 0.05) is 17.5 Å². The summed E-state index contributed by atoms with van der Waals surface area (Å²) in [5.41, 5.74) is 1.82. The van der Waals surface area contributed by atoms with E-state index in [2.05, 4.69) is 5.32 Å². The van der Waals surface area contributed by atoms with Crippen LogP contribution in [0.4, 0.5) is 5.69 Å². The summed E-state index contributed by atoms with van der Waals surface area (Å²) in [6.07, 6.45) is 2.37. The van der Waals surface area contributed by atoms with Gasteiger partial charge < -0.3 is 5.32 Å². The highest BCUT2D eigenvalue weighted by Crippen LogP contribution is 2.37. The molecule has 1 fully saturated rings. The molecule has 1 aliphatic rings. The van der Waals surface area contributed by atoms with Gasteiger partial charge in [0.1, 0.15) is 0 Å². The summed E-state index contributed by atoms with van der Waals surface area (Å²) >= 11 is 5.82. The number of para-hydroxylation sites is 1. The highest BCUT2D eigenvalue weighted by molar-refractivity contribution is 6.17. The zero-order valence-electron chi connectivity index (χ0n) is 9.37. The number of hydrogen-bond acceptors (Lipinski definition) is 1. The molecular formula is C13H16ClNO. The van der Waals surface area contributed by atoms with Crippen LogP contribution in [0.5, 0.6) is 0 Å². The van der Waals surface area contributed by atoms with E-state index in [1.165, 1.54) is 12.8 Å². The van der Waals surface area contributed by atoms with Crippen molar-refractivity contribution < 1.29 is 4.79 Å². The predicted molar refractivity (Wildman–Crippen MR) is 66.5 cm³/mol. The number of amides is 1. The molecule has 0 aliphatic heterocycles. The molecule has 1 aliphatic carbocycles. The van der Waals surface area contributed by atoms with Crippen molar-refractivity contribution in [1.82, 2.24) is 0 Å². The van der Waals surface area contributed by atoms with Crippen LogP contribution in [0, 0.1) is 11.8 Å². The van der Waals surface area contributed by atoms with Gasteiger partial charge in [0.25, 0.3) is 0 Å². The fraction of sp³-hybridized carbons (Fsp3) is 0.462. The summed E-state index contributed by atoms with van der Waals surface area (Å²) in [5.74, 6) is 1.24. The Morgan fingerprint density at radius 2 is 2.19 bits per heavy atom. The first kappa shape index (κ1) is 11.5. The van der Waals surface area contributed by atoms with Gasteiger partial charge in [-0.25, -0.2) is 0 Å². The van der Waals surface area contributed by atoms with E-state index >= 15 is 0 Å². The minimum absolute atomic E-state index is 0.111. The van der Waals surface area contributed by atoms with Crippen LogP contribution in [0.15, 0.2) is 24.3 Å². The lowest BCUT2D eigenvalue weighted by Gasteiger charge is -2.13. The van der Waals surface area contributed by atoms with E-state index in [1.54, 1.807) is 0 Å². The third kappa shape index (κ3) is 2.56. The van der Waals surface area contributed by atoms with Crippen LogP contribution in [0.3, 0.4) is 0 Å². The number of hydrogen-bond donors (Lipinski definition) is 1. The molecular weight excluding hydrogens is 222 g/mol. The Bertz CT molecular complexity index is 387. The molecule has 2 rings (SSSR count). The van der Waals surface area contributed by atoms with Crippen LogP contribution < -0.4 is 5.32 Å². The topological polar surface area (TPSA) is 29.1 Å². The van der Waals surface area contributed by atoms with E-state index in [0.29, 0.717) is 11.8 Å². The van der Waals surface area contributed by atoms with Gasteiger partial charge in [0.15, 0.2) is 0 Å². The van der Waals surface area contributed by atoms with Gasteiger partial charge in [-0.3, -0.25) is 4.79 Å². The minimum Gasteiger partial charge on any atom is -0.326 e. The van der Waals surface area contributed by atoms with E-state index in [4.69, 9.17) is 11.6 Å². The zero-order valence-corrected chi connectivity index (χ0v) is 10.1. The van der Waals surface area contributed by atoms with Crippen molar-refractivity contribution in [2.24, 2.45) is 11.8 Å². The van der Waals surface area contributed by atoms with Gasteiger partial charge in [0.05, 0.1) is 0 Å². The molecule has 0 radical (unpaired) electrons. The summed E-state index contributed by atoms with van der Waals surface area (Å²) in [7, 11) is 0. The first-order valence-electron chi connectivity index (χ1n) is 5.67. The number of alkyl halides is 1.